The van der Waals surface area contributed by atoms with Crippen LogP contribution in [0.25, 0.3) is 10.9 Å². The van der Waals surface area contributed by atoms with Crippen molar-refractivity contribution in [2.45, 2.75) is 71.6 Å². The molecule has 1 aromatic heterocycles. The van der Waals surface area contributed by atoms with Gasteiger partial charge >= 0.3 is 13.2 Å². The summed E-state index contributed by atoms with van der Waals surface area (Å²) in [6.45, 7) is 13.8. The third-order valence-electron chi connectivity index (χ3n) is 5.05. The molecular formula is C20H28BNO4. The van der Waals surface area contributed by atoms with Crippen molar-refractivity contribution in [2.24, 2.45) is 0 Å². The SMILES string of the molecule is CC(C)(C)OC(=O)n1ccc2ccc(CB3OC(C)(C)C(C)(C)O3)cc21. The molecule has 3 rings (SSSR count). The van der Waals surface area contributed by atoms with Crippen LogP contribution in [-0.2, 0) is 20.4 Å². The highest BCUT2D eigenvalue weighted by atomic mass is 16.7. The third-order valence-corrected chi connectivity index (χ3v) is 5.05. The average molecular weight is 357 g/mol. The molecule has 0 bridgehead atoms. The molecule has 0 amide bonds. The molecule has 2 aromatic rings. The summed E-state index contributed by atoms with van der Waals surface area (Å²) in [4.78, 5) is 12.5. The molecule has 0 aliphatic carbocycles. The van der Waals surface area contributed by atoms with Crippen molar-refractivity contribution in [1.82, 2.24) is 4.57 Å². The second kappa shape index (κ2) is 6.13. The van der Waals surface area contributed by atoms with Crippen molar-refractivity contribution in [3.8, 4) is 0 Å². The molecule has 140 valence electrons. The standard InChI is InChI=1S/C20H28BNO4/c1-18(2,3)24-17(23)22-11-10-15-9-8-14(12-16(15)22)13-21-25-19(4,5)20(6,7)26-21/h8-12H,13H2,1-7H3. The first-order valence-corrected chi connectivity index (χ1v) is 9.07. The van der Waals surface area contributed by atoms with Crippen LogP contribution in [0.2, 0.25) is 0 Å². The van der Waals surface area contributed by atoms with Crippen LogP contribution in [0.3, 0.4) is 0 Å². The van der Waals surface area contributed by atoms with Crippen molar-refractivity contribution in [2.75, 3.05) is 0 Å². The van der Waals surface area contributed by atoms with Gasteiger partial charge in [-0.15, -0.1) is 0 Å². The Morgan fingerprint density at radius 1 is 1.12 bits per heavy atom. The van der Waals surface area contributed by atoms with Gasteiger partial charge in [0.25, 0.3) is 0 Å². The van der Waals surface area contributed by atoms with Crippen molar-refractivity contribution < 1.29 is 18.8 Å². The molecule has 0 radical (unpaired) electrons. The number of nitrogens with zero attached hydrogens (tertiary/aromatic N) is 1. The number of ether oxygens (including phenoxy) is 1. The molecule has 0 saturated carbocycles. The van der Waals surface area contributed by atoms with E-state index in [1.807, 2.05) is 72.7 Å². The van der Waals surface area contributed by atoms with Crippen molar-refractivity contribution >= 4 is 24.1 Å². The molecule has 2 heterocycles. The van der Waals surface area contributed by atoms with Gasteiger partial charge in [0.15, 0.2) is 0 Å². The molecule has 0 atom stereocenters. The lowest BCUT2D eigenvalue weighted by molar-refractivity contribution is 0.00578. The molecule has 1 aliphatic rings. The smallest absolute Gasteiger partial charge is 0.443 e. The summed E-state index contributed by atoms with van der Waals surface area (Å²) in [5, 5.41) is 0.994. The van der Waals surface area contributed by atoms with Crippen molar-refractivity contribution in [3.63, 3.8) is 0 Å². The first-order valence-electron chi connectivity index (χ1n) is 9.07. The van der Waals surface area contributed by atoms with Crippen LogP contribution in [-0.4, -0.2) is 34.6 Å². The van der Waals surface area contributed by atoms with Crippen LogP contribution in [0, 0.1) is 0 Å². The first kappa shape index (κ1) is 19.0. The monoisotopic (exact) mass is 357 g/mol. The molecular weight excluding hydrogens is 329 g/mol. The van der Waals surface area contributed by atoms with Gasteiger partial charge in [0.05, 0.1) is 16.7 Å². The van der Waals surface area contributed by atoms with E-state index in [0.29, 0.717) is 6.32 Å². The Balaban J connectivity index is 1.83. The molecule has 1 saturated heterocycles. The molecule has 1 aromatic carbocycles. The number of aromatic nitrogens is 1. The Hall–Kier alpha value is -1.79. The van der Waals surface area contributed by atoms with E-state index in [1.54, 1.807) is 10.8 Å². The van der Waals surface area contributed by atoms with Gasteiger partial charge in [-0.3, -0.25) is 4.57 Å². The minimum atomic E-state index is -0.534. The van der Waals surface area contributed by atoms with Gasteiger partial charge in [-0.2, -0.15) is 0 Å². The molecule has 0 spiro atoms. The lowest BCUT2D eigenvalue weighted by Gasteiger charge is -2.32. The van der Waals surface area contributed by atoms with Gasteiger partial charge in [-0.05, 0) is 66.2 Å². The van der Waals surface area contributed by atoms with E-state index >= 15 is 0 Å². The minimum absolute atomic E-state index is 0.303. The zero-order valence-electron chi connectivity index (χ0n) is 16.8. The Bertz CT molecular complexity index is 816. The summed E-state index contributed by atoms with van der Waals surface area (Å²) in [6, 6.07) is 7.98. The number of rotatable bonds is 2. The van der Waals surface area contributed by atoms with Crippen LogP contribution >= 0.6 is 0 Å². The number of hydrogen-bond donors (Lipinski definition) is 0. The highest BCUT2D eigenvalue weighted by Gasteiger charge is 2.50. The van der Waals surface area contributed by atoms with E-state index in [-0.39, 0.29) is 24.4 Å². The lowest BCUT2D eigenvalue weighted by Crippen LogP contribution is -2.41. The normalized spacial score (nSPS) is 19.1. The second-order valence-corrected chi connectivity index (χ2v) is 8.95. The maximum atomic E-state index is 12.5. The maximum Gasteiger partial charge on any atom is 0.462 e. The van der Waals surface area contributed by atoms with E-state index in [0.717, 1.165) is 16.5 Å². The van der Waals surface area contributed by atoms with Gasteiger partial charge in [-0.1, -0.05) is 12.1 Å². The van der Waals surface area contributed by atoms with Crippen LogP contribution in [0.4, 0.5) is 4.79 Å². The molecule has 0 N–H and O–H groups in total. The summed E-state index contributed by atoms with van der Waals surface area (Å²) in [6.07, 6.45) is 2.00. The third kappa shape index (κ3) is 3.67. The zero-order chi connectivity index (χ0) is 19.3. The average Bonchev–Trinajstić information content (AvgIpc) is 2.95. The largest absolute Gasteiger partial charge is 0.462 e. The van der Waals surface area contributed by atoms with E-state index < -0.39 is 5.60 Å². The van der Waals surface area contributed by atoms with Crippen LogP contribution in [0.5, 0.6) is 0 Å². The Labute approximate surface area is 155 Å². The van der Waals surface area contributed by atoms with Gasteiger partial charge < -0.3 is 14.0 Å². The highest BCUT2D eigenvalue weighted by molar-refractivity contribution is 6.45. The molecule has 1 fully saturated rings. The maximum absolute atomic E-state index is 12.5. The number of carbonyl (C=O) groups excluding carboxylic acids is 1. The van der Waals surface area contributed by atoms with Crippen LogP contribution in [0.1, 0.15) is 54.0 Å². The molecule has 1 aliphatic heterocycles. The molecule has 26 heavy (non-hydrogen) atoms. The fraction of sp³-hybridized carbons (Fsp3) is 0.550. The Morgan fingerprint density at radius 2 is 1.73 bits per heavy atom. The van der Waals surface area contributed by atoms with Gasteiger partial charge in [-0.25, -0.2) is 4.79 Å². The zero-order valence-corrected chi connectivity index (χ0v) is 16.8. The fourth-order valence-electron chi connectivity index (χ4n) is 3.01. The summed E-state index contributed by atoms with van der Waals surface area (Å²) in [7, 11) is -0.303. The molecule has 0 unspecified atom stereocenters. The quantitative estimate of drug-likeness (QED) is 0.737. The number of carbonyl (C=O) groups is 1. The topological polar surface area (TPSA) is 49.7 Å². The van der Waals surface area contributed by atoms with Crippen LogP contribution in [0.15, 0.2) is 30.5 Å². The predicted octanol–water partition coefficient (Wildman–Crippen LogP) is 4.60. The summed E-state index contributed by atoms with van der Waals surface area (Å²) in [5.41, 5.74) is 0.651. The van der Waals surface area contributed by atoms with Gasteiger partial charge in [0.2, 0.25) is 0 Å². The van der Waals surface area contributed by atoms with Gasteiger partial charge in [0, 0.05) is 17.9 Å². The Morgan fingerprint density at radius 3 is 2.31 bits per heavy atom. The van der Waals surface area contributed by atoms with E-state index in [9.17, 15) is 4.79 Å². The van der Waals surface area contributed by atoms with E-state index in [2.05, 4.69) is 0 Å². The lowest BCUT2D eigenvalue weighted by atomic mass is 9.80. The number of hydrogen-bond acceptors (Lipinski definition) is 4. The summed E-state index contributed by atoms with van der Waals surface area (Å²) in [5.74, 6) is 0. The second-order valence-electron chi connectivity index (χ2n) is 8.95. The summed E-state index contributed by atoms with van der Waals surface area (Å²) >= 11 is 0. The van der Waals surface area contributed by atoms with E-state index in [4.69, 9.17) is 14.0 Å². The summed E-state index contributed by atoms with van der Waals surface area (Å²) < 4.78 is 19.2. The number of benzene rings is 1. The van der Waals surface area contributed by atoms with Crippen LogP contribution < -0.4 is 0 Å². The molecule has 6 heteroatoms. The first-order chi connectivity index (χ1) is 11.9. The Kier molecular flexibility index (Phi) is 4.48. The minimum Gasteiger partial charge on any atom is -0.443 e. The van der Waals surface area contributed by atoms with Gasteiger partial charge in [0.1, 0.15) is 5.60 Å². The van der Waals surface area contributed by atoms with Crippen molar-refractivity contribution in [3.05, 3.63) is 36.0 Å². The number of fused-ring (bicyclic) bond motifs is 1. The van der Waals surface area contributed by atoms with E-state index in [1.165, 1.54) is 0 Å². The predicted molar refractivity (Wildman–Crippen MR) is 103 cm³/mol. The fourth-order valence-corrected chi connectivity index (χ4v) is 3.01. The highest BCUT2D eigenvalue weighted by Crippen LogP contribution is 2.37. The van der Waals surface area contributed by atoms with Crippen molar-refractivity contribution in [1.29, 1.82) is 0 Å². The molecule has 5 nitrogen and oxygen atoms in total.